The summed E-state index contributed by atoms with van der Waals surface area (Å²) in [6, 6.07) is 0. The number of fused-ring (bicyclic) bond motifs is 3. The van der Waals surface area contributed by atoms with Crippen molar-refractivity contribution in [3.63, 3.8) is 0 Å². The van der Waals surface area contributed by atoms with Gasteiger partial charge in [0.25, 0.3) is 0 Å². The third-order valence-corrected chi connectivity index (χ3v) is 6.66. The van der Waals surface area contributed by atoms with Gasteiger partial charge in [-0.25, -0.2) is 0 Å². The third kappa shape index (κ3) is 1.99. The Morgan fingerprint density at radius 3 is 2.71 bits per heavy atom. The number of aldehydes is 1. The quantitative estimate of drug-likeness (QED) is 0.450. The molecule has 3 aliphatic rings. The zero-order valence-corrected chi connectivity index (χ0v) is 14.3. The Labute approximate surface area is 141 Å². The number of hydrogen-bond donors (Lipinski definition) is 0. The minimum absolute atomic E-state index is 0.0386. The minimum Gasteiger partial charge on any atom is -0.468 e. The molecule has 130 valence electrons. The van der Waals surface area contributed by atoms with Crippen LogP contribution in [0, 0.1) is 22.7 Å². The molecular formula is C19H24O5. The summed E-state index contributed by atoms with van der Waals surface area (Å²) in [6.45, 7) is 1.84. The van der Waals surface area contributed by atoms with Gasteiger partial charge in [-0.05, 0) is 49.2 Å². The van der Waals surface area contributed by atoms with Crippen LogP contribution in [0.2, 0.25) is 0 Å². The fourth-order valence-corrected chi connectivity index (χ4v) is 5.45. The number of rotatable bonds is 3. The average molecular weight is 332 g/mol. The second-order valence-corrected chi connectivity index (χ2v) is 7.48. The summed E-state index contributed by atoms with van der Waals surface area (Å²) in [5.41, 5.74) is -1.55. The van der Waals surface area contributed by atoms with Crippen LogP contribution in [-0.2, 0) is 23.9 Å². The molecule has 2 saturated carbocycles. The third-order valence-electron chi connectivity index (χ3n) is 6.66. The van der Waals surface area contributed by atoms with E-state index in [-0.39, 0.29) is 23.9 Å². The molecule has 0 amide bonds. The van der Waals surface area contributed by atoms with E-state index in [2.05, 4.69) is 0 Å². The molecule has 0 unspecified atom stereocenters. The molecule has 0 bridgehead atoms. The van der Waals surface area contributed by atoms with Crippen LogP contribution in [0.3, 0.4) is 0 Å². The van der Waals surface area contributed by atoms with E-state index in [0.717, 1.165) is 19.1 Å². The molecule has 3 rings (SSSR count). The molecule has 5 heteroatoms. The van der Waals surface area contributed by atoms with Gasteiger partial charge in [-0.3, -0.25) is 14.4 Å². The van der Waals surface area contributed by atoms with Crippen molar-refractivity contribution in [3.8, 4) is 0 Å². The maximum atomic E-state index is 13.0. The summed E-state index contributed by atoms with van der Waals surface area (Å²) in [7, 11) is 1.30. The Kier molecular flexibility index (Phi) is 4.22. The Bertz CT molecular complexity index is 624. The molecule has 0 saturated heterocycles. The first kappa shape index (κ1) is 17.1. The summed E-state index contributed by atoms with van der Waals surface area (Å²) in [6.07, 6.45) is 6.45. The lowest BCUT2D eigenvalue weighted by atomic mass is 9.44. The largest absolute Gasteiger partial charge is 0.468 e. The number of Topliss-reactive ketones (excluding diaryl/α,β-unsaturated/α-hetero) is 1. The molecule has 24 heavy (non-hydrogen) atoms. The fourth-order valence-electron chi connectivity index (χ4n) is 5.45. The average Bonchev–Trinajstić information content (AvgIpc) is 2.56. The Morgan fingerprint density at radius 2 is 2.04 bits per heavy atom. The number of carbonyl (C=O) groups excluding carboxylic acids is 4. The summed E-state index contributed by atoms with van der Waals surface area (Å²) >= 11 is 0. The van der Waals surface area contributed by atoms with Gasteiger partial charge in [0.05, 0.1) is 7.11 Å². The molecule has 0 aliphatic heterocycles. The van der Waals surface area contributed by atoms with Crippen LogP contribution in [0.1, 0.15) is 51.9 Å². The van der Waals surface area contributed by atoms with E-state index >= 15 is 0 Å². The first-order chi connectivity index (χ1) is 11.4. The SMILES string of the molecule is COC(=O)[C@]12C(=O)CCCC1=CC(=O)[C@@]1(C)[C@H](CC=O)CCC[C@@H]21. The van der Waals surface area contributed by atoms with Crippen LogP contribution < -0.4 is 0 Å². The predicted molar refractivity (Wildman–Crippen MR) is 86.0 cm³/mol. The van der Waals surface area contributed by atoms with Crippen molar-refractivity contribution in [2.45, 2.75) is 51.9 Å². The van der Waals surface area contributed by atoms with Crippen molar-refractivity contribution in [2.75, 3.05) is 7.11 Å². The molecular weight excluding hydrogens is 308 g/mol. The van der Waals surface area contributed by atoms with Gasteiger partial charge in [-0.15, -0.1) is 0 Å². The minimum atomic E-state index is -1.32. The number of allylic oxidation sites excluding steroid dienone is 1. The van der Waals surface area contributed by atoms with Crippen LogP contribution in [0.15, 0.2) is 11.6 Å². The molecule has 0 aromatic heterocycles. The smallest absolute Gasteiger partial charge is 0.323 e. The van der Waals surface area contributed by atoms with E-state index < -0.39 is 22.7 Å². The molecule has 0 spiro atoms. The van der Waals surface area contributed by atoms with Gasteiger partial charge >= 0.3 is 5.97 Å². The van der Waals surface area contributed by atoms with E-state index in [1.54, 1.807) is 0 Å². The van der Waals surface area contributed by atoms with Crippen molar-refractivity contribution in [1.29, 1.82) is 0 Å². The van der Waals surface area contributed by atoms with Crippen LogP contribution in [0.25, 0.3) is 0 Å². The van der Waals surface area contributed by atoms with E-state index in [1.165, 1.54) is 13.2 Å². The lowest BCUT2D eigenvalue weighted by molar-refractivity contribution is -0.171. The maximum absolute atomic E-state index is 13.0. The van der Waals surface area contributed by atoms with Crippen molar-refractivity contribution in [3.05, 3.63) is 11.6 Å². The van der Waals surface area contributed by atoms with Crippen LogP contribution in [-0.4, -0.2) is 30.9 Å². The second-order valence-electron chi connectivity index (χ2n) is 7.48. The van der Waals surface area contributed by atoms with Gasteiger partial charge in [-0.1, -0.05) is 13.3 Å². The van der Waals surface area contributed by atoms with E-state index in [9.17, 15) is 19.2 Å². The predicted octanol–water partition coefficient (Wildman–Crippen LogP) is 2.42. The monoisotopic (exact) mass is 332 g/mol. The summed E-state index contributed by atoms with van der Waals surface area (Å²) < 4.78 is 5.06. The normalized spacial score (nSPS) is 38.7. The van der Waals surface area contributed by atoms with Gasteiger partial charge in [0.1, 0.15) is 6.29 Å². The number of ketones is 2. The highest BCUT2D eigenvalue weighted by Crippen LogP contribution is 2.62. The van der Waals surface area contributed by atoms with Crippen molar-refractivity contribution < 1.29 is 23.9 Å². The number of ether oxygens (including phenoxy) is 1. The summed E-state index contributed by atoms with van der Waals surface area (Å²) in [4.78, 5) is 50.0. The molecule has 0 radical (unpaired) electrons. The zero-order chi connectivity index (χ0) is 17.5. The van der Waals surface area contributed by atoms with Gasteiger partial charge in [0, 0.05) is 18.3 Å². The van der Waals surface area contributed by atoms with Crippen LogP contribution in [0.4, 0.5) is 0 Å². The van der Waals surface area contributed by atoms with Gasteiger partial charge in [0.2, 0.25) is 0 Å². The summed E-state index contributed by atoms with van der Waals surface area (Å²) in [5, 5.41) is 0. The summed E-state index contributed by atoms with van der Waals surface area (Å²) in [5.74, 6) is -1.23. The Balaban J connectivity index is 2.23. The first-order valence-electron chi connectivity index (χ1n) is 8.74. The molecule has 3 aliphatic carbocycles. The molecule has 2 fully saturated rings. The second kappa shape index (κ2) is 5.94. The van der Waals surface area contributed by atoms with Crippen molar-refractivity contribution in [1.82, 2.24) is 0 Å². The van der Waals surface area contributed by atoms with E-state index in [1.807, 2.05) is 6.92 Å². The molecule has 0 aromatic rings. The Morgan fingerprint density at radius 1 is 1.29 bits per heavy atom. The number of esters is 1. The number of carbonyl (C=O) groups is 4. The van der Waals surface area contributed by atoms with E-state index in [4.69, 9.17) is 4.74 Å². The molecule has 0 N–H and O–H groups in total. The van der Waals surface area contributed by atoms with Gasteiger partial charge < -0.3 is 9.53 Å². The highest BCUT2D eigenvalue weighted by molar-refractivity contribution is 6.12. The molecule has 5 nitrogen and oxygen atoms in total. The molecule has 0 heterocycles. The lowest BCUT2D eigenvalue weighted by Crippen LogP contribution is -2.62. The lowest BCUT2D eigenvalue weighted by Gasteiger charge is -2.56. The zero-order valence-electron chi connectivity index (χ0n) is 14.3. The molecule has 4 atom stereocenters. The van der Waals surface area contributed by atoms with Gasteiger partial charge in [0.15, 0.2) is 17.0 Å². The topological polar surface area (TPSA) is 77.5 Å². The highest BCUT2D eigenvalue weighted by atomic mass is 16.5. The number of hydrogen-bond acceptors (Lipinski definition) is 5. The first-order valence-corrected chi connectivity index (χ1v) is 8.74. The van der Waals surface area contributed by atoms with Gasteiger partial charge in [-0.2, -0.15) is 0 Å². The van der Waals surface area contributed by atoms with Crippen LogP contribution in [0.5, 0.6) is 0 Å². The standard InChI is InChI=1S/C19H24O5/c1-18-12(9-10-20)5-3-7-14(18)19(17(23)24-2)13(11-16(18)22)6-4-8-15(19)21/h10-12,14H,3-9H2,1-2H3/t12-,14+,18-,19+/m0/s1. The highest BCUT2D eigenvalue weighted by Gasteiger charge is 2.67. The van der Waals surface area contributed by atoms with Crippen molar-refractivity contribution >= 4 is 23.8 Å². The fraction of sp³-hybridized carbons (Fsp3) is 0.684. The van der Waals surface area contributed by atoms with E-state index in [0.29, 0.717) is 31.3 Å². The van der Waals surface area contributed by atoms with Crippen LogP contribution >= 0.6 is 0 Å². The number of methoxy groups -OCH3 is 1. The molecule has 0 aromatic carbocycles. The van der Waals surface area contributed by atoms with Crippen molar-refractivity contribution in [2.24, 2.45) is 22.7 Å². The Hall–Kier alpha value is -1.78. The maximum Gasteiger partial charge on any atom is 0.323 e.